The van der Waals surface area contributed by atoms with Crippen molar-refractivity contribution in [2.45, 2.75) is 33.2 Å². The van der Waals surface area contributed by atoms with Gasteiger partial charge in [0.2, 0.25) is 11.7 Å². The lowest BCUT2D eigenvalue weighted by Crippen LogP contribution is -2.24. The van der Waals surface area contributed by atoms with E-state index in [1.165, 1.54) is 16.7 Å². The monoisotopic (exact) mass is 469 g/mol. The molecule has 0 bridgehead atoms. The Bertz CT molecular complexity index is 1600. The molecule has 8 heteroatoms. The first kappa shape index (κ1) is 22.5. The van der Waals surface area contributed by atoms with Crippen LogP contribution in [0.2, 0.25) is 0 Å². The highest BCUT2D eigenvalue weighted by Gasteiger charge is 2.17. The number of nitrogens with one attached hydrogen (secondary N) is 1. The molecule has 176 valence electrons. The van der Waals surface area contributed by atoms with E-state index in [9.17, 15) is 14.0 Å². The quantitative estimate of drug-likeness (QED) is 0.399. The zero-order valence-corrected chi connectivity index (χ0v) is 19.5. The predicted molar refractivity (Wildman–Crippen MR) is 133 cm³/mol. The largest absolute Gasteiger partial charge is 0.326 e. The van der Waals surface area contributed by atoms with E-state index in [0.717, 1.165) is 22.4 Å². The third kappa shape index (κ3) is 4.55. The molecule has 1 N–H and O–H groups in total. The average Bonchev–Trinajstić information content (AvgIpc) is 3.25. The van der Waals surface area contributed by atoms with Gasteiger partial charge in [0.05, 0.1) is 17.4 Å². The summed E-state index contributed by atoms with van der Waals surface area (Å²) in [5, 5.41) is 12.1. The molecular weight excluding hydrogens is 445 g/mol. The maximum absolute atomic E-state index is 13.4. The average molecular weight is 470 g/mol. The topological polar surface area (TPSA) is 81.3 Å². The van der Waals surface area contributed by atoms with Crippen LogP contribution in [0.25, 0.3) is 16.7 Å². The van der Waals surface area contributed by atoms with Crippen molar-refractivity contribution in [3.8, 4) is 0 Å². The number of halogens is 1. The van der Waals surface area contributed by atoms with Crippen LogP contribution in [-0.2, 0) is 17.8 Å². The Morgan fingerprint density at radius 2 is 1.69 bits per heavy atom. The fraction of sp³-hybridized carbons (Fsp3) is 0.185. The van der Waals surface area contributed by atoms with Crippen molar-refractivity contribution >= 4 is 28.3 Å². The molecule has 0 saturated heterocycles. The van der Waals surface area contributed by atoms with Gasteiger partial charge >= 0.3 is 0 Å². The summed E-state index contributed by atoms with van der Waals surface area (Å²) in [6.45, 7) is 4.20. The van der Waals surface area contributed by atoms with Crippen molar-refractivity contribution in [1.29, 1.82) is 0 Å². The number of hydrogen-bond donors (Lipinski definition) is 1. The highest BCUT2D eigenvalue weighted by Crippen LogP contribution is 2.18. The van der Waals surface area contributed by atoms with E-state index < -0.39 is 0 Å². The minimum absolute atomic E-state index is 0.129. The number of aromatic nitrogens is 4. The molecule has 0 spiro atoms. The summed E-state index contributed by atoms with van der Waals surface area (Å²) in [5.74, 6) is 0.492. The Hall–Kier alpha value is -4.33. The molecule has 3 aromatic carbocycles. The molecule has 5 aromatic rings. The van der Waals surface area contributed by atoms with Gasteiger partial charge in [-0.25, -0.2) is 4.39 Å². The summed E-state index contributed by atoms with van der Waals surface area (Å²) in [6.07, 6.45) is 0.551. The molecule has 2 heterocycles. The number of hydrogen-bond acceptors (Lipinski definition) is 4. The molecule has 7 nitrogen and oxygen atoms in total. The standard InChI is InChI=1S/C27H24FN5O2/c1-17-13-18(2)15-21(14-17)29-25(34)12-11-24-30-31-27-32(16-19-7-9-20(28)10-8-19)26(35)22-5-3-4-6-23(22)33(24)27/h3-10,13-15H,11-12,16H2,1-2H3,(H,29,34). The highest BCUT2D eigenvalue weighted by atomic mass is 19.1. The van der Waals surface area contributed by atoms with Gasteiger partial charge in [-0.3, -0.25) is 18.6 Å². The molecule has 5 rings (SSSR count). The van der Waals surface area contributed by atoms with Crippen molar-refractivity contribution in [2.75, 3.05) is 5.32 Å². The van der Waals surface area contributed by atoms with Gasteiger partial charge in [0, 0.05) is 18.5 Å². The van der Waals surface area contributed by atoms with Crippen LogP contribution in [-0.4, -0.2) is 25.1 Å². The number of carbonyl (C=O) groups excluding carboxylic acids is 1. The van der Waals surface area contributed by atoms with Gasteiger partial charge in [-0.1, -0.05) is 30.3 Å². The number of fused-ring (bicyclic) bond motifs is 3. The second kappa shape index (κ2) is 9.13. The normalized spacial score (nSPS) is 11.3. The molecule has 2 aromatic heterocycles. The third-order valence-corrected chi connectivity index (χ3v) is 5.91. The van der Waals surface area contributed by atoms with E-state index in [0.29, 0.717) is 28.9 Å². The third-order valence-electron chi connectivity index (χ3n) is 5.91. The van der Waals surface area contributed by atoms with Crippen LogP contribution in [0.3, 0.4) is 0 Å². The van der Waals surface area contributed by atoms with Gasteiger partial charge in [0.15, 0.2) is 0 Å². The smallest absolute Gasteiger partial charge is 0.263 e. The number of anilines is 1. The van der Waals surface area contributed by atoms with Crippen LogP contribution in [0.15, 0.2) is 71.5 Å². The maximum atomic E-state index is 13.4. The number of rotatable bonds is 6. The zero-order valence-electron chi connectivity index (χ0n) is 19.5. The molecule has 0 fully saturated rings. The van der Waals surface area contributed by atoms with E-state index >= 15 is 0 Å². The fourth-order valence-electron chi connectivity index (χ4n) is 4.39. The lowest BCUT2D eigenvalue weighted by atomic mass is 10.1. The maximum Gasteiger partial charge on any atom is 0.263 e. The second-order valence-electron chi connectivity index (χ2n) is 8.71. The number of para-hydroxylation sites is 1. The molecule has 0 aliphatic carbocycles. The summed E-state index contributed by atoms with van der Waals surface area (Å²) in [6, 6.07) is 19.2. The lowest BCUT2D eigenvalue weighted by Gasteiger charge is -2.12. The van der Waals surface area contributed by atoms with E-state index in [4.69, 9.17) is 0 Å². The van der Waals surface area contributed by atoms with Crippen LogP contribution >= 0.6 is 0 Å². The zero-order chi connectivity index (χ0) is 24.5. The van der Waals surface area contributed by atoms with Gasteiger partial charge in [-0.05, 0) is 66.9 Å². The summed E-state index contributed by atoms with van der Waals surface area (Å²) in [5.41, 5.74) is 4.16. The molecule has 1 amide bonds. The summed E-state index contributed by atoms with van der Waals surface area (Å²) in [4.78, 5) is 26.0. The van der Waals surface area contributed by atoms with Crippen LogP contribution in [0.4, 0.5) is 10.1 Å². The first-order chi connectivity index (χ1) is 16.9. The molecule has 0 unspecified atom stereocenters. The Kier molecular flexibility index (Phi) is 5.86. The van der Waals surface area contributed by atoms with Crippen molar-refractivity contribution in [1.82, 2.24) is 19.2 Å². The van der Waals surface area contributed by atoms with Crippen molar-refractivity contribution in [3.63, 3.8) is 0 Å². The minimum Gasteiger partial charge on any atom is -0.326 e. The van der Waals surface area contributed by atoms with Crippen molar-refractivity contribution in [2.24, 2.45) is 0 Å². The van der Waals surface area contributed by atoms with Crippen LogP contribution in [0.5, 0.6) is 0 Å². The predicted octanol–water partition coefficient (Wildman–Crippen LogP) is 4.42. The molecule has 0 saturated carbocycles. The molecule has 0 radical (unpaired) electrons. The highest BCUT2D eigenvalue weighted by molar-refractivity contribution is 5.91. The summed E-state index contributed by atoms with van der Waals surface area (Å²) < 4.78 is 16.7. The minimum atomic E-state index is -0.339. The van der Waals surface area contributed by atoms with Gasteiger partial charge in [-0.2, -0.15) is 0 Å². The van der Waals surface area contributed by atoms with Crippen molar-refractivity contribution in [3.05, 3.63) is 105 Å². The van der Waals surface area contributed by atoms with Gasteiger partial charge < -0.3 is 5.32 Å². The number of amides is 1. The SMILES string of the molecule is Cc1cc(C)cc(NC(=O)CCc2nnc3n(Cc4ccc(F)cc4)c(=O)c4ccccc4n23)c1. The van der Waals surface area contributed by atoms with E-state index in [2.05, 4.69) is 21.6 Å². The second-order valence-corrected chi connectivity index (χ2v) is 8.71. The van der Waals surface area contributed by atoms with Crippen molar-refractivity contribution < 1.29 is 9.18 Å². The molecule has 0 atom stereocenters. The van der Waals surface area contributed by atoms with E-state index in [-0.39, 0.29) is 30.2 Å². The number of carbonyl (C=O) groups is 1. The molecular formula is C27H24FN5O2. The Balaban J connectivity index is 1.48. The number of nitrogens with zero attached hydrogens (tertiary/aromatic N) is 4. The first-order valence-electron chi connectivity index (χ1n) is 11.4. The lowest BCUT2D eigenvalue weighted by molar-refractivity contribution is -0.116. The van der Waals surface area contributed by atoms with Crippen LogP contribution < -0.4 is 10.9 Å². The fourth-order valence-corrected chi connectivity index (χ4v) is 4.39. The first-order valence-corrected chi connectivity index (χ1v) is 11.4. The molecule has 0 aliphatic heterocycles. The summed E-state index contributed by atoms with van der Waals surface area (Å²) in [7, 11) is 0. The van der Waals surface area contributed by atoms with Gasteiger partial charge in [0.25, 0.3) is 5.56 Å². The molecule has 35 heavy (non-hydrogen) atoms. The van der Waals surface area contributed by atoms with E-state index in [1.807, 2.05) is 42.5 Å². The van der Waals surface area contributed by atoms with Crippen LogP contribution in [0.1, 0.15) is 28.9 Å². The Morgan fingerprint density at radius 3 is 2.43 bits per heavy atom. The number of aryl methyl sites for hydroxylation is 3. The van der Waals surface area contributed by atoms with Gasteiger partial charge in [-0.15, -0.1) is 10.2 Å². The Labute approximate surface area is 200 Å². The Morgan fingerprint density at radius 1 is 0.971 bits per heavy atom. The van der Waals surface area contributed by atoms with Crippen LogP contribution in [0, 0.1) is 19.7 Å². The van der Waals surface area contributed by atoms with Gasteiger partial charge in [0.1, 0.15) is 11.6 Å². The number of benzene rings is 3. The summed E-state index contributed by atoms with van der Waals surface area (Å²) >= 11 is 0. The molecule has 0 aliphatic rings. The van der Waals surface area contributed by atoms with E-state index in [1.54, 1.807) is 24.3 Å².